The summed E-state index contributed by atoms with van der Waals surface area (Å²) in [5.41, 5.74) is 1.06. The number of benzene rings is 1. The quantitative estimate of drug-likeness (QED) is 0.893. The van der Waals surface area contributed by atoms with E-state index in [0.29, 0.717) is 5.92 Å². The number of hydrogen-bond acceptors (Lipinski definition) is 3. The van der Waals surface area contributed by atoms with E-state index < -0.39 is 0 Å². The summed E-state index contributed by atoms with van der Waals surface area (Å²) in [6.07, 6.45) is 4.31. The van der Waals surface area contributed by atoms with Crippen LogP contribution in [0.2, 0.25) is 0 Å². The van der Waals surface area contributed by atoms with Crippen molar-refractivity contribution in [3.8, 4) is 0 Å². The van der Waals surface area contributed by atoms with E-state index >= 15 is 0 Å². The maximum absolute atomic E-state index is 13.0. The molecule has 0 saturated carbocycles. The van der Waals surface area contributed by atoms with E-state index in [9.17, 15) is 9.18 Å². The lowest BCUT2D eigenvalue weighted by Crippen LogP contribution is -2.47. The third kappa shape index (κ3) is 3.77. The van der Waals surface area contributed by atoms with Gasteiger partial charge in [0.2, 0.25) is 5.91 Å². The second kappa shape index (κ2) is 7.09. The Morgan fingerprint density at radius 2 is 2.09 bits per heavy atom. The minimum absolute atomic E-state index is 0.0108. The molecule has 2 aliphatic heterocycles. The van der Waals surface area contributed by atoms with Gasteiger partial charge in [-0.15, -0.1) is 0 Å². The molecule has 1 aromatic rings. The number of piperidine rings is 1. The number of carbonyl (C=O) groups is 1. The van der Waals surface area contributed by atoms with E-state index in [1.807, 2.05) is 12.1 Å². The Bertz CT molecular complexity index is 499. The van der Waals surface area contributed by atoms with Crippen LogP contribution in [0.15, 0.2) is 24.3 Å². The first-order chi connectivity index (χ1) is 10.7. The van der Waals surface area contributed by atoms with Gasteiger partial charge in [0.15, 0.2) is 0 Å². The smallest absolute Gasteiger partial charge is 0.237 e. The van der Waals surface area contributed by atoms with E-state index in [1.54, 1.807) is 0 Å². The van der Waals surface area contributed by atoms with Crippen molar-refractivity contribution >= 4 is 11.6 Å². The lowest BCUT2D eigenvalue weighted by molar-refractivity contribution is -0.123. The average Bonchev–Trinajstić information content (AvgIpc) is 3.03. The first kappa shape index (κ1) is 15.3. The van der Waals surface area contributed by atoms with Crippen LogP contribution in [0.4, 0.5) is 10.1 Å². The fourth-order valence-corrected chi connectivity index (χ4v) is 3.33. The molecule has 1 amide bonds. The van der Waals surface area contributed by atoms with Crippen molar-refractivity contribution in [3.05, 3.63) is 30.1 Å². The maximum Gasteiger partial charge on any atom is 0.237 e. The topological polar surface area (TPSA) is 44.4 Å². The zero-order valence-electron chi connectivity index (χ0n) is 12.9. The molecule has 0 bridgehead atoms. The number of hydrogen-bond donors (Lipinski definition) is 2. The lowest BCUT2D eigenvalue weighted by Gasteiger charge is -2.23. The van der Waals surface area contributed by atoms with Crippen molar-refractivity contribution in [1.82, 2.24) is 10.6 Å². The van der Waals surface area contributed by atoms with E-state index in [-0.39, 0.29) is 17.8 Å². The Kier molecular flexibility index (Phi) is 4.93. The summed E-state index contributed by atoms with van der Waals surface area (Å²) in [6, 6.07) is 6.63. The first-order valence-corrected chi connectivity index (χ1v) is 8.24. The van der Waals surface area contributed by atoms with Gasteiger partial charge in [-0.2, -0.15) is 0 Å². The molecule has 0 aromatic heterocycles. The fourth-order valence-electron chi connectivity index (χ4n) is 3.33. The van der Waals surface area contributed by atoms with Gasteiger partial charge >= 0.3 is 0 Å². The fraction of sp³-hybridized carbons (Fsp3) is 0.588. The van der Waals surface area contributed by atoms with Crippen molar-refractivity contribution in [2.75, 3.05) is 31.1 Å². The van der Waals surface area contributed by atoms with Crippen molar-refractivity contribution in [2.24, 2.45) is 5.92 Å². The second-order valence-corrected chi connectivity index (χ2v) is 6.32. The monoisotopic (exact) mass is 305 g/mol. The Labute approximate surface area is 131 Å². The minimum Gasteiger partial charge on any atom is -0.371 e. The van der Waals surface area contributed by atoms with Crippen molar-refractivity contribution in [3.63, 3.8) is 0 Å². The van der Waals surface area contributed by atoms with Crippen LogP contribution < -0.4 is 15.5 Å². The highest BCUT2D eigenvalue weighted by atomic mass is 19.1. The van der Waals surface area contributed by atoms with Gasteiger partial charge < -0.3 is 15.5 Å². The summed E-state index contributed by atoms with van der Waals surface area (Å²) in [5.74, 6) is 0.407. The number of anilines is 1. The molecule has 120 valence electrons. The van der Waals surface area contributed by atoms with E-state index in [4.69, 9.17) is 0 Å². The zero-order chi connectivity index (χ0) is 15.4. The zero-order valence-corrected chi connectivity index (χ0v) is 12.9. The number of nitrogens with one attached hydrogen (secondary N) is 2. The van der Waals surface area contributed by atoms with E-state index in [0.717, 1.165) is 51.1 Å². The van der Waals surface area contributed by atoms with Crippen LogP contribution in [0.1, 0.15) is 25.7 Å². The molecule has 2 fully saturated rings. The normalized spacial score (nSPS) is 25.2. The summed E-state index contributed by atoms with van der Waals surface area (Å²) < 4.78 is 13.0. The van der Waals surface area contributed by atoms with Crippen LogP contribution in [-0.4, -0.2) is 38.1 Å². The molecule has 5 heteroatoms. The third-order valence-corrected chi connectivity index (χ3v) is 4.67. The Morgan fingerprint density at radius 3 is 2.82 bits per heavy atom. The van der Waals surface area contributed by atoms with Crippen molar-refractivity contribution in [2.45, 2.75) is 31.7 Å². The molecule has 2 N–H and O–H groups in total. The number of nitrogens with zero attached hydrogens (tertiary/aromatic N) is 1. The summed E-state index contributed by atoms with van der Waals surface area (Å²) in [4.78, 5) is 14.4. The number of carbonyl (C=O) groups excluding carboxylic acids is 1. The Morgan fingerprint density at radius 1 is 1.27 bits per heavy atom. The number of halogens is 1. The van der Waals surface area contributed by atoms with Gasteiger partial charge in [-0.1, -0.05) is 6.42 Å². The van der Waals surface area contributed by atoms with Crippen LogP contribution in [0.5, 0.6) is 0 Å². The first-order valence-electron chi connectivity index (χ1n) is 8.24. The molecule has 2 aliphatic rings. The molecule has 4 nitrogen and oxygen atoms in total. The highest BCUT2D eigenvalue weighted by Gasteiger charge is 2.25. The van der Waals surface area contributed by atoms with Gasteiger partial charge in [0.1, 0.15) is 5.82 Å². The van der Waals surface area contributed by atoms with Gasteiger partial charge in [0.05, 0.1) is 6.04 Å². The molecule has 2 heterocycles. The van der Waals surface area contributed by atoms with Crippen LogP contribution in [-0.2, 0) is 4.79 Å². The summed E-state index contributed by atoms with van der Waals surface area (Å²) in [5, 5.41) is 6.36. The van der Waals surface area contributed by atoms with Gasteiger partial charge in [-0.25, -0.2) is 4.39 Å². The second-order valence-electron chi connectivity index (χ2n) is 6.32. The van der Waals surface area contributed by atoms with Crippen LogP contribution in [0.3, 0.4) is 0 Å². The highest BCUT2D eigenvalue weighted by molar-refractivity contribution is 5.81. The molecule has 0 aliphatic carbocycles. The predicted molar refractivity (Wildman–Crippen MR) is 85.4 cm³/mol. The van der Waals surface area contributed by atoms with E-state index in [1.165, 1.54) is 18.6 Å². The molecule has 0 radical (unpaired) electrons. The largest absolute Gasteiger partial charge is 0.371 e. The molecule has 2 saturated heterocycles. The molecule has 1 unspecified atom stereocenters. The van der Waals surface area contributed by atoms with Crippen molar-refractivity contribution in [1.29, 1.82) is 0 Å². The Balaban J connectivity index is 1.44. The SMILES string of the molecule is O=C(NCC1CCN(c2ccc(F)cc2)C1)[C@H]1CCCCN1. The standard InChI is InChI=1S/C17H24FN3O/c18-14-4-6-15(7-5-14)21-10-8-13(12-21)11-20-17(22)16-3-1-2-9-19-16/h4-7,13,16,19H,1-3,8-12H2,(H,20,22)/t13?,16-/m1/s1. The van der Waals surface area contributed by atoms with Gasteiger partial charge in [-0.3, -0.25) is 4.79 Å². The van der Waals surface area contributed by atoms with Gasteiger partial charge in [0.25, 0.3) is 0 Å². The summed E-state index contributed by atoms with van der Waals surface area (Å²) in [6.45, 7) is 3.56. The molecule has 2 atom stereocenters. The summed E-state index contributed by atoms with van der Waals surface area (Å²) >= 11 is 0. The molecule has 1 aromatic carbocycles. The summed E-state index contributed by atoms with van der Waals surface area (Å²) in [7, 11) is 0. The van der Waals surface area contributed by atoms with Crippen molar-refractivity contribution < 1.29 is 9.18 Å². The minimum atomic E-state index is -0.202. The van der Waals surface area contributed by atoms with E-state index in [2.05, 4.69) is 15.5 Å². The molecule has 0 spiro atoms. The maximum atomic E-state index is 13.0. The lowest BCUT2D eigenvalue weighted by atomic mass is 10.0. The Hall–Kier alpha value is -1.62. The van der Waals surface area contributed by atoms with Crippen LogP contribution >= 0.6 is 0 Å². The number of amides is 1. The average molecular weight is 305 g/mol. The van der Waals surface area contributed by atoms with Crippen LogP contribution in [0, 0.1) is 11.7 Å². The number of rotatable bonds is 4. The predicted octanol–water partition coefficient (Wildman–Crippen LogP) is 1.91. The third-order valence-electron chi connectivity index (χ3n) is 4.67. The molecular formula is C17H24FN3O. The molecule has 3 rings (SSSR count). The van der Waals surface area contributed by atoms with Crippen LogP contribution in [0.25, 0.3) is 0 Å². The van der Waals surface area contributed by atoms with Gasteiger partial charge in [0, 0.05) is 25.3 Å². The molecule has 22 heavy (non-hydrogen) atoms. The highest BCUT2D eigenvalue weighted by Crippen LogP contribution is 2.23. The molecular weight excluding hydrogens is 281 g/mol. The van der Waals surface area contributed by atoms with Gasteiger partial charge in [-0.05, 0) is 56.0 Å².